The summed E-state index contributed by atoms with van der Waals surface area (Å²) in [6.45, 7) is 0. The van der Waals surface area contributed by atoms with Crippen LogP contribution in [0.5, 0.6) is 0 Å². The molecule has 1 aromatic carbocycles. The molecule has 0 aromatic heterocycles. The number of benzene rings is 1. The summed E-state index contributed by atoms with van der Waals surface area (Å²) in [5.74, 6) is 0. The van der Waals surface area contributed by atoms with Crippen molar-refractivity contribution in [1.29, 1.82) is 0 Å². The van der Waals surface area contributed by atoms with Crippen molar-refractivity contribution < 1.29 is 13.2 Å². The lowest BCUT2D eigenvalue weighted by Crippen LogP contribution is -2.01. The van der Waals surface area contributed by atoms with Crippen molar-refractivity contribution in [2.24, 2.45) is 0 Å². The third-order valence-electron chi connectivity index (χ3n) is 1.58. The topological polar surface area (TPSA) is 51.2 Å². The van der Waals surface area contributed by atoms with E-state index in [-0.39, 0.29) is 15.1 Å². The molecular formula is C8H6BrClO3S. The van der Waals surface area contributed by atoms with Gasteiger partial charge >= 0.3 is 0 Å². The van der Waals surface area contributed by atoms with E-state index in [1.165, 1.54) is 24.3 Å². The number of halogens is 2. The second kappa shape index (κ2) is 4.42. The lowest BCUT2D eigenvalue weighted by atomic mass is 10.2. The van der Waals surface area contributed by atoms with Gasteiger partial charge in [0.2, 0.25) is 0 Å². The summed E-state index contributed by atoms with van der Waals surface area (Å²) in [6.07, 6.45) is 0. The monoisotopic (exact) mass is 296 g/mol. The SMILES string of the molecule is O=C(Cl)c1ccc(S(=O)(=O)CBr)cc1. The van der Waals surface area contributed by atoms with Crippen molar-refractivity contribution in [3.63, 3.8) is 0 Å². The van der Waals surface area contributed by atoms with Gasteiger partial charge in [0.15, 0.2) is 9.84 Å². The first-order valence-electron chi connectivity index (χ1n) is 3.56. The zero-order valence-electron chi connectivity index (χ0n) is 6.91. The van der Waals surface area contributed by atoms with Crippen LogP contribution in [0.1, 0.15) is 10.4 Å². The molecule has 0 bridgehead atoms. The molecule has 0 aliphatic carbocycles. The molecule has 0 N–H and O–H groups in total. The maximum Gasteiger partial charge on any atom is 0.252 e. The van der Waals surface area contributed by atoms with E-state index >= 15 is 0 Å². The number of alkyl halides is 1. The first-order valence-corrected chi connectivity index (χ1v) is 6.71. The third-order valence-corrected chi connectivity index (χ3v) is 4.89. The molecule has 0 aliphatic heterocycles. The van der Waals surface area contributed by atoms with E-state index in [4.69, 9.17) is 11.6 Å². The van der Waals surface area contributed by atoms with Crippen LogP contribution in [0.25, 0.3) is 0 Å². The first-order chi connectivity index (χ1) is 6.47. The van der Waals surface area contributed by atoms with Crippen molar-refractivity contribution in [1.82, 2.24) is 0 Å². The molecule has 1 rings (SSSR count). The molecule has 14 heavy (non-hydrogen) atoms. The van der Waals surface area contributed by atoms with Gasteiger partial charge in [0.1, 0.15) is 4.66 Å². The highest BCUT2D eigenvalue weighted by Crippen LogP contribution is 2.14. The van der Waals surface area contributed by atoms with Crippen LogP contribution >= 0.6 is 27.5 Å². The van der Waals surface area contributed by atoms with Crippen molar-refractivity contribution in [3.05, 3.63) is 29.8 Å². The second-order valence-corrected chi connectivity index (χ2v) is 6.16. The number of carbonyl (C=O) groups is 1. The van der Waals surface area contributed by atoms with Gasteiger partial charge in [-0.15, -0.1) is 0 Å². The highest BCUT2D eigenvalue weighted by atomic mass is 79.9. The van der Waals surface area contributed by atoms with Crippen molar-refractivity contribution >= 4 is 42.6 Å². The fourth-order valence-electron chi connectivity index (χ4n) is 0.856. The summed E-state index contributed by atoms with van der Waals surface area (Å²) in [6, 6.07) is 5.47. The van der Waals surface area contributed by atoms with E-state index in [1.807, 2.05) is 0 Å². The summed E-state index contributed by atoms with van der Waals surface area (Å²) >= 11 is 8.08. The van der Waals surface area contributed by atoms with E-state index in [2.05, 4.69) is 15.9 Å². The molecule has 0 unspecified atom stereocenters. The summed E-state index contributed by atoms with van der Waals surface area (Å²) in [5, 5.41) is -0.604. The van der Waals surface area contributed by atoms with Gasteiger partial charge in [-0.2, -0.15) is 0 Å². The molecular weight excluding hydrogens is 292 g/mol. The Morgan fingerprint density at radius 3 is 2.14 bits per heavy atom. The fourth-order valence-corrected chi connectivity index (χ4v) is 2.45. The average Bonchev–Trinajstić information content (AvgIpc) is 2.18. The van der Waals surface area contributed by atoms with Crippen molar-refractivity contribution in [3.8, 4) is 0 Å². The van der Waals surface area contributed by atoms with Gasteiger partial charge in [0.25, 0.3) is 5.24 Å². The van der Waals surface area contributed by atoms with Gasteiger partial charge in [0, 0.05) is 5.56 Å². The van der Waals surface area contributed by atoms with Crippen LogP contribution in [-0.4, -0.2) is 18.3 Å². The standard InChI is InChI=1S/C8H6BrClO3S/c9-5-14(12,13)7-3-1-6(2-4-7)8(10)11/h1-4H,5H2. The van der Waals surface area contributed by atoms with Crippen LogP contribution in [0.15, 0.2) is 29.2 Å². The Morgan fingerprint density at radius 1 is 1.29 bits per heavy atom. The third kappa shape index (κ3) is 2.56. The van der Waals surface area contributed by atoms with Crippen LogP contribution in [0, 0.1) is 0 Å². The molecule has 0 atom stereocenters. The molecule has 0 spiro atoms. The summed E-state index contributed by atoms with van der Waals surface area (Å²) in [7, 11) is -3.28. The molecule has 0 fully saturated rings. The zero-order valence-corrected chi connectivity index (χ0v) is 10.1. The normalized spacial score (nSPS) is 11.3. The molecule has 0 radical (unpaired) electrons. The minimum Gasteiger partial charge on any atom is -0.276 e. The Morgan fingerprint density at radius 2 is 1.79 bits per heavy atom. The number of hydrogen-bond acceptors (Lipinski definition) is 3. The van der Waals surface area contributed by atoms with Crippen LogP contribution in [0.3, 0.4) is 0 Å². The molecule has 3 nitrogen and oxygen atoms in total. The number of carbonyl (C=O) groups excluding carboxylic acids is 1. The predicted octanol–water partition coefficient (Wildman–Crippen LogP) is 2.19. The molecule has 0 heterocycles. The molecule has 0 amide bonds. The first kappa shape index (κ1) is 11.7. The van der Waals surface area contributed by atoms with Crippen molar-refractivity contribution in [2.75, 3.05) is 4.66 Å². The summed E-state index contributed by atoms with van der Waals surface area (Å²) in [4.78, 5) is 10.8. The Balaban J connectivity index is 3.12. The highest BCUT2D eigenvalue weighted by Gasteiger charge is 2.12. The van der Waals surface area contributed by atoms with Crippen LogP contribution in [-0.2, 0) is 9.84 Å². The van der Waals surface area contributed by atoms with E-state index < -0.39 is 15.1 Å². The highest BCUT2D eigenvalue weighted by molar-refractivity contribution is 9.10. The maximum absolute atomic E-state index is 11.3. The van der Waals surface area contributed by atoms with Gasteiger partial charge in [-0.05, 0) is 35.9 Å². The molecule has 76 valence electrons. The van der Waals surface area contributed by atoms with Crippen LogP contribution in [0.2, 0.25) is 0 Å². The fraction of sp³-hybridized carbons (Fsp3) is 0.125. The number of sulfone groups is 1. The smallest absolute Gasteiger partial charge is 0.252 e. The van der Waals surface area contributed by atoms with E-state index in [0.717, 1.165) is 0 Å². The zero-order chi connectivity index (χ0) is 10.8. The molecule has 1 aromatic rings. The Labute approximate surface area is 95.1 Å². The van der Waals surface area contributed by atoms with Crippen molar-refractivity contribution in [2.45, 2.75) is 4.90 Å². The Bertz CT molecular complexity index is 438. The van der Waals surface area contributed by atoms with Crippen LogP contribution in [0.4, 0.5) is 0 Å². The summed E-state index contributed by atoms with van der Waals surface area (Å²) < 4.78 is 22.5. The van der Waals surface area contributed by atoms with Gasteiger partial charge in [-0.3, -0.25) is 4.79 Å². The van der Waals surface area contributed by atoms with Gasteiger partial charge in [-0.1, -0.05) is 15.9 Å². The lowest BCUT2D eigenvalue weighted by molar-refractivity contribution is 0.108. The number of rotatable bonds is 3. The average molecular weight is 298 g/mol. The lowest BCUT2D eigenvalue weighted by Gasteiger charge is -2.00. The van der Waals surface area contributed by atoms with Gasteiger partial charge < -0.3 is 0 Å². The quantitative estimate of drug-likeness (QED) is 0.635. The maximum atomic E-state index is 11.3. The molecule has 0 saturated heterocycles. The van der Waals surface area contributed by atoms with E-state index in [9.17, 15) is 13.2 Å². The second-order valence-electron chi connectivity index (χ2n) is 2.52. The van der Waals surface area contributed by atoms with E-state index in [1.54, 1.807) is 0 Å². The van der Waals surface area contributed by atoms with Gasteiger partial charge in [0.05, 0.1) is 4.90 Å². The molecule has 0 saturated carbocycles. The Kier molecular flexibility index (Phi) is 3.69. The predicted molar refractivity (Wildman–Crippen MR) is 57.6 cm³/mol. The summed E-state index contributed by atoms with van der Waals surface area (Å²) in [5.41, 5.74) is 0.278. The molecule has 6 heteroatoms. The minimum absolute atomic E-state index is 0.145. The van der Waals surface area contributed by atoms with E-state index in [0.29, 0.717) is 0 Å². The minimum atomic E-state index is -3.28. The van der Waals surface area contributed by atoms with Gasteiger partial charge in [-0.25, -0.2) is 8.42 Å². The number of hydrogen-bond donors (Lipinski definition) is 0. The largest absolute Gasteiger partial charge is 0.276 e. The van der Waals surface area contributed by atoms with Crippen LogP contribution < -0.4 is 0 Å². The Hall–Kier alpha value is -0.390. The molecule has 0 aliphatic rings.